The van der Waals surface area contributed by atoms with Gasteiger partial charge in [-0.1, -0.05) is 13.0 Å². The number of halogens is 6. The Morgan fingerprint density at radius 2 is 1.70 bits per heavy atom. The van der Waals surface area contributed by atoms with Crippen LogP contribution in [0.3, 0.4) is 0 Å². The van der Waals surface area contributed by atoms with Gasteiger partial charge >= 0.3 is 6.18 Å². The van der Waals surface area contributed by atoms with Gasteiger partial charge in [-0.15, -0.1) is 0 Å². The van der Waals surface area contributed by atoms with E-state index < -0.39 is 29.2 Å². The molecule has 1 amide bonds. The molecule has 1 aromatic heterocycles. The average Bonchev–Trinajstić information content (AvgIpc) is 3.27. The first-order chi connectivity index (χ1) is 15.3. The van der Waals surface area contributed by atoms with Crippen LogP contribution in [0.15, 0.2) is 54.9 Å². The van der Waals surface area contributed by atoms with Gasteiger partial charge in [-0.05, 0) is 60.9 Å². The molecule has 0 spiro atoms. The lowest BCUT2D eigenvalue weighted by atomic mass is 9.86. The maximum Gasteiger partial charge on any atom is 0.432 e. The number of carbonyl (C=O) groups excluding carboxylic acids is 1. The number of nitrogens with zero attached hydrogens (tertiary/aromatic N) is 2. The molecule has 0 fully saturated rings. The van der Waals surface area contributed by atoms with E-state index in [1.807, 2.05) is 0 Å². The first-order valence-corrected chi connectivity index (χ1v) is 9.98. The molecule has 1 atom stereocenters. The maximum atomic E-state index is 14.9. The van der Waals surface area contributed by atoms with E-state index in [9.17, 15) is 31.1 Å². The van der Waals surface area contributed by atoms with Crippen LogP contribution in [-0.2, 0) is 12.1 Å². The highest BCUT2D eigenvalue weighted by molar-refractivity contribution is 6.05. The lowest BCUT2D eigenvalue weighted by Gasteiger charge is -2.34. The minimum absolute atomic E-state index is 0.0291. The smallest absolute Gasteiger partial charge is 0.321 e. The van der Waals surface area contributed by atoms with Crippen molar-refractivity contribution in [1.82, 2.24) is 9.78 Å². The quantitative estimate of drug-likeness (QED) is 0.426. The van der Waals surface area contributed by atoms with Crippen LogP contribution in [0.2, 0.25) is 0 Å². The summed E-state index contributed by atoms with van der Waals surface area (Å²) in [5.41, 5.74) is -4.85. The van der Waals surface area contributed by atoms with Crippen molar-refractivity contribution in [1.29, 1.82) is 0 Å². The molecule has 0 aliphatic rings. The van der Waals surface area contributed by atoms with E-state index in [0.29, 0.717) is 11.8 Å². The van der Waals surface area contributed by atoms with Gasteiger partial charge in [0.25, 0.3) is 17.5 Å². The van der Waals surface area contributed by atoms with Gasteiger partial charge in [0, 0.05) is 36.1 Å². The Labute approximate surface area is 186 Å². The van der Waals surface area contributed by atoms with Crippen molar-refractivity contribution >= 4 is 11.6 Å². The number of amides is 1. The van der Waals surface area contributed by atoms with Crippen LogP contribution in [0.25, 0.3) is 5.69 Å². The lowest BCUT2D eigenvalue weighted by Crippen LogP contribution is -2.51. The van der Waals surface area contributed by atoms with Crippen molar-refractivity contribution in [3.8, 4) is 5.69 Å². The van der Waals surface area contributed by atoms with Gasteiger partial charge < -0.3 is 5.32 Å². The van der Waals surface area contributed by atoms with Gasteiger partial charge in [-0.25, -0.2) is 17.9 Å². The van der Waals surface area contributed by atoms with E-state index >= 15 is 0 Å². The van der Waals surface area contributed by atoms with Crippen LogP contribution >= 0.6 is 0 Å². The van der Waals surface area contributed by atoms with Crippen LogP contribution in [0.1, 0.15) is 40.9 Å². The second kappa shape index (κ2) is 8.57. The first kappa shape index (κ1) is 24.3. The molecule has 3 rings (SSSR count). The van der Waals surface area contributed by atoms with E-state index in [2.05, 4.69) is 10.4 Å². The summed E-state index contributed by atoms with van der Waals surface area (Å²) in [5.74, 6) is -5.28. The highest BCUT2D eigenvalue weighted by Crippen LogP contribution is 2.53. The third-order valence-electron chi connectivity index (χ3n) is 5.33. The molecule has 4 nitrogen and oxygen atoms in total. The normalized spacial score (nSPS) is 14.1. The van der Waals surface area contributed by atoms with Crippen LogP contribution in [0.4, 0.5) is 32.0 Å². The zero-order valence-corrected chi connectivity index (χ0v) is 18.0. The van der Waals surface area contributed by atoms with Crippen molar-refractivity contribution in [2.24, 2.45) is 0 Å². The van der Waals surface area contributed by atoms with Crippen LogP contribution in [0, 0.1) is 6.92 Å². The number of aromatic nitrogens is 2. The SMILES string of the molecule is CCc1cc(C(F)(C(C)(F)F)C(F)(F)F)cc(C)c1NC(=O)c1ccc(-n2cccn2)cc1. The molecule has 0 aliphatic carbocycles. The summed E-state index contributed by atoms with van der Waals surface area (Å²) < 4.78 is 84.3. The number of hydrogen-bond donors (Lipinski definition) is 1. The number of hydrogen-bond acceptors (Lipinski definition) is 2. The molecule has 0 saturated carbocycles. The molecule has 1 unspecified atom stereocenters. The Morgan fingerprint density at radius 1 is 1.06 bits per heavy atom. The van der Waals surface area contributed by atoms with Crippen molar-refractivity contribution in [2.45, 2.75) is 45.0 Å². The van der Waals surface area contributed by atoms with Crippen LogP contribution < -0.4 is 5.32 Å². The third-order valence-corrected chi connectivity index (χ3v) is 5.33. The Balaban J connectivity index is 1.95. The Kier molecular flexibility index (Phi) is 6.32. The number of rotatable bonds is 6. The number of aryl methyl sites for hydroxylation is 2. The minimum Gasteiger partial charge on any atom is -0.321 e. The van der Waals surface area contributed by atoms with Crippen molar-refractivity contribution in [3.63, 3.8) is 0 Å². The fourth-order valence-corrected chi connectivity index (χ4v) is 3.56. The fourth-order valence-electron chi connectivity index (χ4n) is 3.56. The predicted molar refractivity (Wildman–Crippen MR) is 112 cm³/mol. The Bertz CT molecular complexity index is 1120. The van der Waals surface area contributed by atoms with E-state index in [1.54, 1.807) is 42.2 Å². The summed E-state index contributed by atoms with van der Waals surface area (Å²) in [5, 5.41) is 6.68. The third kappa shape index (κ3) is 4.46. The van der Waals surface area contributed by atoms with Gasteiger partial charge in [-0.2, -0.15) is 18.3 Å². The summed E-state index contributed by atoms with van der Waals surface area (Å²) in [6.45, 7) is 2.78. The molecule has 0 aliphatic heterocycles. The van der Waals surface area contributed by atoms with Gasteiger partial charge in [-0.3, -0.25) is 4.79 Å². The van der Waals surface area contributed by atoms with Crippen LogP contribution in [-0.4, -0.2) is 27.8 Å². The predicted octanol–water partition coefficient (Wildman–Crippen LogP) is 6.38. The summed E-state index contributed by atoms with van der Waals surface area (Å²) in [6, 6.07) is 9.55. The van der Waals surface area contributed by atoms with E-state index in [1.165, 1.54) is 19.1 Å². The largest absolute Gasteiger partial charge is 0.432 e. The molecule has 0 bridgehead atoms. The summed E-state index contributed by atoms with van der Waals surface area (Å²) in [7, 11) is 0. The summed E-state index contributed by atoms with van der Waals surface area (Å²) in [6.07, 6.45) is -2.45. The minimum atomic E-state index is -5.84. The molecule has 2 aromatic carbocycles. The molecule has 0 saturated heterocycles. The standard InChI is InChI=1S/C23H21F6N3O/c1-4-15-13-17(22(26,21(3,24)25)23(27,28)29)12-14(2)19(15)31-20(33)16-6-8-18(9-7-16)32-11-5-10-30-32/h5-13H,4H2,1-3H3,(H,31,33). The van der Waals surface area contributed by atoms with Gasteiger partial charge in [0.2, 0.25) is 0 Å². The number of benzene rings is 2. The van der Waals surface area contributed by atoms with Gasteiger partial charge in [0.05, 0.1) is 5.69 Å². The zero-order chi connectivity index (χ0) is 24.6. The molecular weight excluding hydrogens is 448 g/mol. The van der Waals surface area contributed by atoms with E-state index in [0.717, 1.165) is 6.07 Å². The highest BCUT2D eigenvalue weighted by Gasteiger charge is 2.70. The summed E-state index contributed by atoms with van der Waals surface area (Å²) >= 11 is 0. The molecule has 3 aromatic rings. The second-order valence-electron chi connectivity index (χ2n) is 7.68. The zero-order valence-electron chi connectivity index (χ0n) is 18.0. The van der Waals surface area contributed by atoms with Gasteiger partial charge in [0.1, 0.15) is 0 Å². The maximum absolute atomic E-state index is 14.9. The fraction of sp³-hybridized carbons (Fsp3) is 0.304. The van der Waals surface area contributed by atoms with Crippen molar-refractivity contribution < 1.29 is 31.1 Å². The van der Waals surface area contributed by atoms with Crippen molar-refractivity contribution in [3.05, 3.63) is 77.1 Å². The lowest BCUT2D eigenvalue weighted by molar-refractivity contribution is -0.304. The first-order valence-electron chi connectivity index (χ1n) is 9.98. The summed E-state index contributed by atoms with van der Waals surface area (Å²) in [4.78, 5) is 12.7. The van der Waals surface area contributed by atoms with E-state index in [-0.39, 0.29) is 35.7 Å². The van der Waals surface area contributed by atoms with E-state index in [4.69, 9.17) is 0 Å². The second-order valence-corrected chi connectivity index (χ2v) is 7.68. The molecule has 176 valence electrons. The monoisotopic (exact) mass is 469 g/mol. The molecule has 1 heterocycles. The number of nitrogens with one attached hydrogen (secondary N) is 1. The Hall–Kier alpha value is -3.30. The molecule has 0 radical (unpaired) electrons. The van der Waals surface area contributed by atoms with Crippen LogP contribution in [0.5, 0.6) is 0 Å². The highest BCUT2D eigenvalue weighted by atomic mass is 19.4. The average molecular weight is 469 g/mol. The number of alkyl halides is 6. The topological polar surface area (TPSA) is 46.9 Å². The molecular formula is C23H21F6N3O. The molecule has 33 heavy (non-hydrogen) atoms. The van der Waals surface area contributed by atoms with Crippen molar-refractivity contribution in [2.75, 3.05) is 5.32 Å². The van der Waals surface area contributed by atoms with Gasteiger partial charge in [0.15, 0.2) is 0 Å². The molecule has 1 N–H and O–H groups in total. The number of anilines is 1. The Morgan fingerprint density at radius 3 is 2.18 bits per heavy atom. The number of carbonyl (C=O) groups is 1. The molecule has 10 heteroatoms.